The molecule has 1 aromatic carbocycles. The Balaban J connectivity index is 2.31. The Hall–Kier alpha value is -3.29. The second-order valence-electron chi connectivity index (χ2n) is 6.11. The van der Waals surface area contributed by atoms with Gasteiger partial charge in [0.15, 0.2) is 5.65 Å². The van der Waals surface area contributed by atoms with E-state index in [0.29, 0.717) is 40.3 Å². The zero-order valence-corrected chi connectivity index (χ0v) is 16.0. The first-order valence-corrected chi connectivity index (χ1v) is 8.49. The standard InChI is InChI=1S/C19H22N4O4/c1-6-11-10-20-17-15(18(24)23(3)19(25)22(17)2)16(11)21-13-8-7-12(26-4)9-14(13)27-5/h7-10H,6H2,1-5H3,(H,20,21). The summed E-state index contributed by atoms with van der Waals surface area (Å²) in [5, 5.41) is 3.66. The van der Waals surface area contributed by atoms with E-state index in [2.05, 4.69) is 10.3 Å². The van der Waals surface area contributed by atoms with Gasteiger partial charge in [-0.3, -0.25) is 13.9 Å². The predicted molar refractivity (Wildman–Crippen MR) is 104 cm³/mol. The van der Waals surface area contributed by atoms with Crippen LogP contribution in [0.1, 0.15) is 12.5 Å². The maximum atomic E-state index is 12.9. The number of hydrogen-bond donors (Lipinski definition) is 1. The van der Waals surface area contributed by atoms with Gasteiger partial charge in [-0.15, -0.1) is 0 Å². The van der Waals surface area contributed by atoms with E-state index in [1.807, 2.05) is 13.0 Å². The van der Waals surface area contributed by atoms with Crippen LogP contribution in [0.15, 0.2) is 34.0 Å². The number of aromatic nitrogens is 3. The first-order valence-electron chi connectivity index (χ1n) is 8.49. The van der Waals surface area contributed by atoms with Crippen LogP contribution < -0.4 is 26.0 Å². The average Bonchev–Trinajstić information content (AvgIpc) is 2.70. The normalized spacial score (nSPS) is 10.9. The monoisotopic (exact) mass is 370 g/mol. The quantitative estimate of drug-likeness (QED) is 0.739. The van der Waals surface area contributed by atoms with E-state index in [4.69, 9.17) is 9.47 Å². The zero-order chi connectivity index (χ0) is 19.7. The maximum Gasteiger partial charge on any atom is 0.332 e. The molecule has 3 rings (SSSR count). The molecule has 8 heteroatoms. The number of pyridine rings is 1. The third-order valence-electron chi connectivity index (χ3n) is 4.60. The van der Waals surface area contributed by atoms with Crippen molar-refractivity contribution in [3.05, 3.63) is 50.8 Å². The highest BCUT2D eigenvalue weighted by atomic mass is 16.5. The Morgan fingerprint density at radius 2 is 1.85 bits per heavy atom. The Morgan fingerprint density at radius 3 is 2.48 bits per heavy atom. The molecule has 1 N–H and O–H groups in total. The molecule has 0 radical (unpaired) electrons. The van der Waals surface area contributed by atoms with E-state index >= 15 is 0 Å². The number of fused-ring (bicyclic) bond motifs is 1. The number of aryl methyl sites for hydroxylation is 2. The molecule has 142 valence electrons. The topological polar surface area (TPSA) is 87.4 Å². The smallest absolute Gasteiger partial charge is 0.332 e. The van der Waals surface area contributed by atoms with Crippen molar-refractivity contribution in [3.8, 4) is 11.5 Å². The molecule has 0 spiro atoms. The summed E-state index contributed by atoms with van der Waals surface area (Å²) in [5.41, 5.74) is 1.66. The summed E-state index contributed by atoms with van der Waals surface area (Å²) in [6.45, 7) is 1.98. The number of rotatable bonds is 5. The van der Waals surface area contributed by atoms with Crippen LogP contribution >= 0.6 is 0 Å². The Bertz CT molecular complexity index is 1130. The fourth-order valence-electron chi connectivity index (χ4n) is 3.01. The van der Waals surface area contributed by atoms with Crippen LogP contribution in [0.25, 0.3) is 11.0 Å². The average molecular weight is 370 g/mol. The molecule has 0 bridgehead atoms. The summed E-state index contributed by atoms with van der Waals surface area (Å²) in [4.78, 5) is 29.4. The Morgan fingerprint density at radius 1 is 1.11 bits per heavy atom. The van der Waals surface area contributed by atoms with Crippen molar-refractivity contribution in [2.45, 2.75) is 13.3 Å². The fourth-order valence-corrected chi connectivity index (χ4v) is 3.01. The highest BCUT2D eigenvalue weighted by Crippen LogP contribution is 2.34. The van der Waals surface area contributed by atoms with Gasteiger partial charge >= 0.3 is 5.69 Å². The lowest BCUT2D eigenvalue weighted by atomic mass is 10.1. The summed E-state index contributed by atoms with van der Waals surface area (Å²) < 4.78 is 13.1. The van der Waals surface area contributed by atoms with E-state index in [-0.39, 0.29) is 0 Å². The first-order chi connectivity index (χ1) is 12.9. The van der Waals surface area contributed by atoms with Crippen molar-refractivity contribution in [2.24, 2.45) is 14.1 Å². The number of nitrogens with one attached hydrogen (secondary N) is 1. The van der Waals surface area contributed by atoms with Crippen molar-refractivity contribution in [1.29, 1.82) is 0 Å². The van der Waals surface area contributed by atoms with Crippen molar-refractivity contribution >= 4 is 22.4 Å². The zero-order valence-electron chi connectivity index (χ0n) is 16.0. The second kappa shape index (κ2) is 7.14. The SMILES string of the molecule is CCc1cnc2c(c1Nc1ccc(OC)cc1OC)c(=O)n(C)c(=O)n2C. The van der Waals surface area contributed by atoms with E-state index in [1.54, 1.807) is 39.6 Å². The fraction of sp³-hybridized carbons (Fsp3) is 0.316. The summed E-state index contributed by atoms with van der Waals surface area (Å²) in [7, 11) is 6.20. The van der Waals surface area contributed by atoms with Crippen LogP contribution in [0.5, 0.6) is 11.5 Å². The van der Waals surface area contributed by atoms with Gasteiger partial charge in [0.1, 0.15) is 16.9 Å². The minimum absolute atomic E-state index is 0.329. The molecule has 0 fully saturated rings. The molecule has 27 heavy (non-hydrogen) atoms. The van der Waals surface area contributed by atoms with E-state index in [0.717, 1.165) is 10.1 Å². The molecule has 0 aliphatic rings. The van der Waals surface area contributed by atoms with E-state index in [9.17, 15) is 9.59 Å². The molecular weight excluding hydrogens is 348 g/mol. The Kier molecular flexibility index (Phi) is 4.89. The first kappa shape index (κ1) is 18.5. The molecule has 0 amide bonds. The molecule has 0 saturated heterocycles. The van der Waals surface area contributed by atoms with Crippen molar-refractivity contribution < 1.29 is 9.47 Å². The third kappa shape index (κ3) is 3.03. The number of benzene rings is 1. The molecule has 0 unspecified atom stereocenters. The van der Waals surface area contributed by atoms with Crippen molar-refractivity contribution in [2.75, 3.05) is 19.5 Å². The molecule has 0 aliphatic carbocycles. The lowest BCUT2D eigenvalue weighted by molar-refractivity contribution is 0.395. The highest BCUT2D eigenvalue weighted by molar-refractivity contribution is 5.93. The highest BCUT2D eigenvalue weighted by Gasteiger charge is 2.18. The van der Waals surface area contributed by atoms with E-state index < -0.39 is 11.2 Å². The number of ether oxygens (including phenoxy) is 2. The van der Waals surface area contributed by atoms with Gasteiger partial charge in [-0.05, 0) is 24.1 Å². The van der Waals surface area contributed by atoms with Gasteiger partial charge in [-0.25, -0.2) is 9.78 Å². The van der Waals surface area contributed by atoms with Crippen molar-refractivity contribution in [3.63, 3.8) is 0 Å². The molecule has 3 aromatic rings. The Labute approximate surface area is 156 Å². The number of anilines is 2. The molecule has 0 atom stereocenters. The van der Waals surface area contributed by atoms with Crippen LogP contribution in [0.4, 0.5) is 11.4 Å². The number of hydrogen-bond acceptors (Lipinski definition) is 6. The molecule has 0 aliphatic heterocycles. The van der Waals surface area contributed by atoms with Crippen LogP contribution in [0.2, 0.25) is 0 Å². The van der Waals surface area contributed by atoms with Gasteiger partial charge in [0.2, 0.25) is 0 Å². The van der Waals surface area contributed by atoms with Gasteiger partial charge < -0.3 is 14.8 Å². The summed E-state index contributed by atoms with van der Waals surface area (Å²) in [6.07, 6.45) is 2.34. The molecule has 2 aromatic heterocycles. The van der Waals surface area contributed by atoms with E-state index in [1.165, 1.54) is 11.6 Å². The minimum Gasteiger partial charge on any atom is -0.497 e. The predicted octanol–water partition coefficient (Wildman–Crippen LogP) is 1.96. The van der Waals surface area contributed by atoms with Gasteiger partial charge in [-0.2, -0.15) is 0 Å². The molecule has 8 nitrogen and oxygen atoms in total. The third-order valence-corrected chi connectivity index (χ3v) is 4.60. The minimum atomic E-state index is -0.419. The number of methoxy groups -OCH3 is 2. The second-order valence-corrected chi connectivity index (χ2v) is 6.11. The van der Waals surface area contributed by atoms with Crippen LogP contribution in [0, 0.1) is 0 Å². The largest absolute Gasteiger partial charge is 0.497 e. The number of nitrogens with zero attached hydrogens (tertiary/aromatic N) is 3. The van der Waals surface area contributed by atoms with Gasteiger partial charge in [0, 0.05) is 26.4 Å². The molecular formula is C19H22N4O4. The summed E-state index contributed by atoms with van der Waals surface area (Å²) in [5.74, 6) is 1.23. The molecule has 0 saturated carbocycles. The van der Waals surface area contributed by atoms with Crippen LogP contribution in [-0.4, -0.2) is 28.3 Å². The van der Waals surface area contributed by atoms with Crippen LogP contribution in [-0.2, 0) is 20.5 Å². The maximum absolute atomic E-state index is 12.9. The summed E-state index contributed by atoms with van der Waals surface area (Å²) in [6, 6.07) is 5.37. The van der Waals surface area contributed by atoms with Gasteiger partial charge in [-0.1, -0.05) is 6.92 Å². The van der Waals surface area contributed by atoms with Gasteiger partial charge in [0.05, 0.1) is 25.6 Å². The van der Waals surface area contributed by atoms with Crippen molar-refractivity contribution in [1.82, 2.24) is 14.1 Å². The van der Waals surface area contributed by atoms with Gasteiger partial charge in [0.25, 0.3) is 5.56 Å². The lowest BCUT2D eigenvalue weighted by Crippen LogP contribution is -2.37. The lowest BCUT2D eigenvalue weighted by Gasteiger charge is -2.17. The van der Waals surface area contributed by atoms with Crippen LogP contribution in [0.3, 0.4) is 0 Å². The molecule has 2 heterocycles. The summed E-state index contributed by atoms with van der Waals surface area (Å²) >= 11 is 0.